The molecule has 6 heteroatoms. The standard InChI is InChI=1S/C19H26N4O2/c20-12-15-6-9-23(10-7-15)19(25)21-17-4-2-8-22(14-17)13-16-3-1-5-18(24)11-16/h1,3,5,11,15,17,24H,2,4,6-10,13-14H2,(H,21,25)/t17-/m0/s1. The lowest BCUT2D eigenvalue weighted by Gasteiger charge is -2.35. The molecule has 3 rings (SSSR count). The molecule has 2 saturated heterocycles. The first-order chi connectivity index (χ1) is 12.1. The Balaban J connectivity index is 1.48. The molecule has 0 bridgehead atoms. The number of hydrogen-bond donors (Lipinski definition) is 2. The Hall–Kier alpha value is -2.26. The van der Waals surface area contributed by atoms with E-state index in [1.54, 1.807) is 12.1 Å². The number of phenolic OH excluding ortho intramolecular Hbond substituents is 1. The summed E-state index contributed by atoms with van der Waals surface area (Å²) in [6.45, 7) is 3.97. The van der Waals surface area contributed by atoms with Gasteiger partial charge in [0, 0.05) is 38.1 Å². The van der Waals surface area contributed by atoms with Gasteiger partial charge in [-0.05, 0) is 49.9 Å². The Morgan fingerprint density at radius 3 is 2.80 bits per heavy atom. The van der Waals surface area contributed by atoms with Crippen molar-refractivity contribution in [3.63, 3.8) is 0 Å². The zero-order valence-corrected chi connectivity index (χ0v) is 14.5. The molecule has 0 radical (unpaired) electrons. The number of carbonyl (C=O) groups is 1. The fourth-order valence-corrected chi connectivity index (χ4v) is 3.71. The topological polar surface area (TPSA) is 79.6 Å². The van der Waals surface area contributed by atoms with Gasteiger partial charge in [-0.2, -0.15) is 5.26 Å². The summed E-state index contributed by atoms with van der Waals surface area (Å²) in [7, 11) is 0. The van der Waals surface area contributed by atoms with Crippen molar-refractivity contribution in [1.29, 1.82) is 5.26 Å². The summed E-state index contributed by atoms with van der Waals surface area (Å²) in [6, 6.07) is 9.80. The van der Waals surface area contributed by atoms with Crippen LogP contribution in [0.5, 0.6) is 5.75 Å². The second-order valence-corrected chi connectivity index (χ2v) is 7.08. The molecule has 0 saturated carbocycles. The summed E-state index contributed by atoms with van der Waals surface area (Å²) in [5.74, 6) is 0.386. The largest absolute Gasteiger partial charge is 0.508 e. The lowest BCUT2D eigenvalue weighted by Crippen LogP contribution is -2.52. The minimum atomic E-state index is 0.000551. The van der Waals surface area contributed by atoms with Crippen LogP contribution in [-0.2, 0) is 6.54 Å². The molecule has 1 atom stereocenters. The highest BCUT2D eigenvalue weighted by Crippen LogP contribution is 2.19. The predicted molar refractivity (Wildman–Crippen MR) is 94.8 cm³/mol. The maximum Gasteiger partial charge on any atom is 0.317 e. The molecular formula is C19H26N4O2. The van der Waals surface area contributed by atoms with Crippen LogP contribution in [0.25, 0.3) is 0 Å². The predicted octanol–water partition coefficient (Wildman–Crippen LogP) is 2.30. The molecule has 1 aromatic carbocycles. The van der Waals surface area contributed by atoms with Crippen molar-refractivity contribution in [2.24, 2.45) is 5.92 Å². The number of rotatable bonds is 3. The number of aromatic hydroxyl groups is 1. The van der Waals surface area contributed by atoms with E-state index in [1.165, 1.54) is 0 Å². The van der Waals surface area contributed by atoms with Crippen molar-refractivity contribution in [3.8, 4) is 11.8 Å². The highest BCUT2D eigenvalue weighted by molar-refractivity contribution is 5.74. The van der Waals surface area contributed by atoms with Crippen LogP contribution in [0.4, 0.5) is 4.79 Å². The number of piperidine rings is 2. The Bertz CT molecular complexity index is 635. The fourth-order valence-electron chi connectivity index (χ4n) is 3.71. The third-order valence-corrected chi connectivity index (χ3v) is 5.11. The molecule has 2 N–H and O–H groups in total. The van der Waals surface area contributed by atoms with E-state index >= 15 is 0 Å². The average molecular weight is 342 g/mol. The Labute approximate surface area is 149 Å². The van der Waals surface area contributed by atoms with Gasteiger partial charge in [-0.15, -0.1) is 0 Å². The molecule has 0 spiro atoms. The second-order valence-electron chi connectivity index (χ2n) is 7.08. The van der Waals surface area contributed by atoms with Gasteiger partial charge in [0.25, 0.3) is 0 Å². The number of carbonyl (C=O) groups excluding carboxylic acids is 1. The Morgan fingerprint density at radius 1 is 1.28 bits per heavy atom. The highest BCUT2D eigenvalue weighted by Gasteiger charge is 2.26. The summed E-state index contributed by atoms with van der Waals surface area (Å²) in [4.78, 5) is 16.6. The second kappa shape index (κ2) is 8.21. The molecule has 1 aromatic rings. The summed E-state index contributed by atoms with van der Waals surface area (Å²) in [6.07, 6.45) is 3.60. The smallest absolute Gasteiger partial charge is 0.317 e. The van der Waals surface area contributed by atoms with Crippen LogP contribution in [0.3, 0.4) is 0 Å². The van der Waals surface area contributed by atoms with E-state index in [9.17, 15) is 9.90 Å². The first-order valence-electron chi connectivity index (χ1n) is 9.09. The monoisotopic (exact) mass is 342 g/mol. The van der Waals surface area contributed by atoms with Gasteiger partial charge in [0.05, 0.1) is 6.07 Å². The summed E-state index contributed by atoms with van der Waals surface area (Å²) >= 11 is 0. The number of benzene rings is 1. The van der Waals surface area contributed by atoms with Crippen LogP contribution in [0.2, 0.25) is 0 Å². The average Bonchev–Trinajstić information content (AvgIpc) is 2.62. The number of nitriles is 1. The normalized spacial score (nSPS) is 22.4. The van der Waals surface area contributed by atoms with Crippen molar-refractivity contribution >= 4 is 6.03 Å². The maximum absolute atomic E-state index is 12.5. The molecule has 6 nitrogen and oxygen atoms in total. The maximum atomic E-state index is 12.5. The SMILES string of the molecule is N#CC1CCN(C(=O)N[C@H]2CCCN(Cc3cccc(O)c3)C2)CC1. The molecule has 2 aliphatic heterocycles. The first-order valence-corrected chi connectivity index (χ1v) is 9.09. The number of hydrogen-bond acceptors (Lipinski definition) is 4. The molecule has 0 aromatic heterocycles. The zero-order chi connectivity index (χ0) is 17.6. The van der Waals surface area contributed by atoms with Crippen LogP contribution < -0.4 is 5.32 Å². The lowest BCUT2D eigenvalue weighted by atomic mass is 9.99. The fraction of sp³-hybridized carbons (Fsp3) is 0.579. The number of nitrogens with zero attached hydrogens (tertiary/aromatic N) is 3. The molecule has 134 valence electrons. The van der Waals surface area contributed by atoms with Crippen molar-refractivity contribution < 1.29 is 9.90 Å². The Morgan fingerprint density at radius 2 is 2.08 bits per heavy atom. The Kier molecular flexibility index (Phi) is 5.77. The van der Waals surface area contributed by atoms with Gasteiger partial charge in [0.1, 0.15) is 5.75 Å². The number of likely N-dealkylation sites (tertiary alicyclic amines) is 2. The van der Waals surface area contributed by atoms with Crippen molar-refractivity contribution in [3.05, 3.63) is 29.8 Å². The zero-order valence-electron chi connectivity index (χ0n) is 14.5. The quantitative estimate of drug-likeness (QED) is 0.883. The van der Waals surface area contributed by atoms with Gasteiger partial charge in [0.2, 0.25) is 0 Å². The first kappa shape index (κ1) is 17.6. The molecule has 25 heavy (non-hydrogen) atoms. The van der Waals surface area contributed by atoms with E-state index in [0.717, 1.165) is 50.9 Å². The summed E-state index contributed by atoms with van der Waals surface area (Å²) in [5, 5.41) is 21.7. The molecule has 2 heterocycles. The number of nitrogens with one attached hydrogen (secondary N) is 1. The molecule has 2 fully saturated rings. The number of amides is 2. The van der Waals surface area contributed by atoms with Gasteiger partial charge in [0.15, 0.2) is 0 Å². The van der Waals surface area contributed by atoms with E-state index in [0.29, 0.717) is 18.8 Å². The van der Waals surface area contributed by atoms with Crippen molar-refractivity contribution in [1.82, 2.24) is 15.1 Å². The highest BCUT2D eigenvalue weighted by atomic mass is 16.3. The molecule has 0 aliphatic carbocycles. The van der Waals surface area contributed by atoms with Crippen LogP contribution >= 0.6 is 0 Å². The van der Waals surface area contributed by atoms with Crippen LogP contribution in [0, 0.1) is 17.2 Å². The van der Waals surface area contributed by atoms with Gasteiger partial charge in [-0.3, -0.25) is 4.90 Å². The molecule has 0 unspecified atom stereocenters. The lowest BCUT2D eigenvalue weighted by molar-refractivity contribution is 0.154. The van der Waals surface area contributed by atoms with E-state index < -0.39 is 0 Å². The minimum absolute atomic E-state index is 0.000551. The molecular weight excluding hydrogens is 316 g/mol. The van der Waals surface area contributed by atoms with Gasteiger partial charge in [-0.1, -0.05) is 12.1 Å². The third-order valence-electron chi connectivity index (χ3n) is 5.11. The van der Waals surface area contributed by atoms with Crippen LogP contribution in [0.15, 0.2) is 24.3 Å². The summed E-state index contributed by atoms with van der Waals surface area (Å²) in [5.41, 5.74) is 1.09. The van der Waals surface area contributed by atoms with E-state index in [4.69, 9.17) is 5.26 Å². The number of phenols is 1. The van der Waals surface area contributed by atoms with E-state index in [-0.39, 0.29) is 18.0 Å². The molecule has 2 amide bonds. The van der Waals surface area contributed by atoms with E-state index in [2.05, 4.69) is 16.3 Å². The van der Waals surface area contributed by atoms with Crippen LogP contribution in [-0.4, -0.2) is 53.2 Å². The van der Waals surface area contributed by atoms with Gasteiger partial charge in [-0.25, -0.2) is 4.79 Å². The minimum Gasteiger partial charge on any atom is -0.508 e. The third kappa shape index (κ3) is 4.86. The van der Waals surface area contributed by atoms with E-state index in [1.807, 2.05) is 17.0 Å². The summed E-state index contributed by atoms with van der Waals surface area (Å²) < 4.78 is 0. The molecule has 2 aliphatic rings. The van der Waals surface area contributed by atoms with Gasteiger partial charge >= 0.3 is 6.03 Å². The van der Waals surface area contributed by atoms with Crippen molar-refractivity contribution in [2.45, 2.75) is 38.3 Å². The van der Waals surface area contributed by atoms with Crippen molar-refractivity contribution in [2.75, 3.05) is 26.2 Å². The van der Waals surface area contributed by atoms with Gasteiger partial charge < -0.3 is 15.3 Å². The van der Waals surface area contributed by atoms with Crippen LogP contribution in [0.1, 0.15) is 31.2 Å². The number of urea groups is 1.